The van der Waals surface area contributed by atoms with E-state index < -0.39 is 0 Å². The van der Waals surface area contributed by atoms with E-state index >= 15 is 0 Å². The van der Waals surface area contributed by atoms with Crippen LogP contribution in [-0.4, -0.2) is 19.1 Å². The fourth-order valence-corrected chi connectivity index (χ4v) is 2.30. The van der Waals surface area contributed by atoms with E-state index in [1.807, 2.05) is 6.07 Å². The van der Waals surface area contributed by atoms with Crippen molar-refractivity contribution in [1.82, 2.24) is 0 Å². The molecule has 4 nitrogen and oxygen atoms in total. The van der Waals surface area contributed by atoms with Crippen LogP contribution in [0.4, 0.5) is 11.4 Å². The Hall–Kier alpha value is -1.71. The molecule has 19 heavy (non-hydrogen) atoms. The molecule has 0 aliphatic carbocycles. The number of nitrogens with two attached hydrogens (primary N) is 1. The smallest absolute Gasteiger partial charge is 0.337 e. The molecule has 4 heteroatoms. The third-order valence-electron chi connectivity index (χ3n) is 3.61. The van der Waals surface area contributed by atoms with Crippen LogP contribution in [0.1, 0.15) is 44.0 Å². The molecule has 0 spiro atoms. The Kier molecular flexibility index (Phi) is 5.67. The molecule has 0 saturated heterocycles. The van der Waals surface area contributed by atoms with E-state index in [-0.39, 0.29) is 5.97 Å². The molecule has 3 N–H and O–H groups in total. The van der Waals surface area contributed by atoms with Gasteiger partial charge >= 0.3 is 5.97 Å². The summed E-state index contributed by atoms with van der Waals surface area (Å²) in [5.41, 5.74) is 7.89. The van der Waals surface area contributed by atoms with E-state index in [0.29, 0.717) is 23.2 Å². The standard InChI is InChI=1S/C15H24N2O2/c1-5-11(6-2)10(3)17-14-8-7-12(9-13(14)16)15(18)19-4/h7-11,17H,5-6,16H2,1-4H3. The third-order valence-corrected chi connectivity index (χ3v) is 3.61. The van der Waals surface area contributed by atoms with E-state index in [1.54, 1.807) is 12.1 Å². The van der Waals surface area contributed by atoms with Gasteiger partial charge in [0.15, 0.2) is 0 Å². The van der Waals surface area contributed by atoms with Crippen LogP contribution >= 0.6 is 0 Å². The zero-order chi connectivity index (χ0) is 14.4. The lowest BCUT2D eigenvalue weighted by Crippen LogP contribution is -2.25. The third kappa shape index (κ3) is 3.88. The summed E-state index contributed by atoms with van der Waals surface area (Å²) in [4.78, 5) is 11.4. The molecule has 0 fully saturated rings. The maximum Gasteiger partial charge on any atom is 0.337 e. The van der Waals surface area contributed by atoms with E-state index in [4.69, 9.17) is 5.73 Å². The van der Waals surface area contributed by atoms with Crippen LogP contribution in [0.15, 0.2) is 18.2 Å². The van der Waals surface area contributed by atoms with E-state index in [2.05, 4.69) is 30.8 Å². The van der Waals surface area contributed by atoms with Crippen molar-refractivity contribution in [3.8, 4) is 0 Å². The molecule has 1 aromatic carbocycles. The first kappa shape index (κ1) is 15.3. The quantitative estimate of drug-likeness (QED) is 0.611. The molecule has 0 radical (unpaired) electrons. The Morgan fingerprint density at radius 2 is 2.00 bits per heavy atom. The Balaban J connectivity index is 2.83. The van der Waals surface area contributed by atoms with Crippen LogP contribution in [0.3, 0.4) is 0 Å². The molecule has 0 heterocycles. The summed E-state index contributed by atoms with van der Waals surface area (Å²) in [6, 6.07) is 5.56. The number of anilines is 2. The number of hydrogen-bond acceptors (Lipinski definition) is 4. The van der Waals surface area contributed by atoms with E-state index in [1.165, 1.54) is 7.11 Å². The lowest BCUT2D eigenvalue weighted by molar-refractivity contribution is 0.0601. The van der Waals surface area contributed by atoms with Crippen molar-refractivity contribution >= 4 is 17.3 Å². The highest BCUT2D eigenvalue weighted by atomic mass is 16.5. The Morgan fingerprint density at radius 3 is 2.47 bits per heavy atom. The van der Waals surface area contributed by atoms with E-state index in [0.717, 1.165) is 18.5 Å². The molecule has 0 saturated carbocycles. The second-order valence-corrected chi connectivity index (χ2v) is 4.80. The Labute approximate surface area is 115 Å². The second-order valence-electron chi connectivity index (χ2n) is 4.80. The summed E-state index contributed by atoms with van der Waals surface area (Å²) in [6.07, 6.45) is 2.26. The number of nitrogen functional groups attached to an aromatic ring is 1. The van der Waals surface area contributed by atoms with Gasteiger partial charge in [-0.05, 0) is 31.0 Å². The largest absolute Gasteiger partial charge is 0.465 e. The minimum atomic E-state index is -0.369. The normalized spacial score (nSPS) is 12.3. The van der Waals surface area contributed by atoms with Crippen LogP contribution in [0.2, 0.25) is 0 Å². The van der Waals surface area contributed by atoms with Gasteiger partial charge in [-0.25, -0.2) is 4.79 Å². The lowest BCUT2D eigenvalue weighted by Gasteiger charge is -2.24. The average molecular weight is 264 g/mol. The molecule has 0 aliphatic rings. The van der Waals surface area contributed by atoms with Gasteiger partial charge in [0.05, 0.1) is 24.0 Å². The SMILES string of the molecule is CCC(CC)C(C)Nc1ccc(C(=O)OC)cc1N. The predicted octanol–water partition coefficient (Wildman–Crippen LogP) is 3.29. The van der Waals surface area contributed by atoms with Crippen LogP contribution in [0, 0.1) is 5.92 Å². The zero-order valence-electron chi connectivity index (χ0n) is 12.2. The van der Waals surface area contributed by atoms with Gasteiger partial charge in [-0.2, -0.15) is 0 Å². The van der Waals surface area contributed by atoms with Gasteiger partial charge in [-0.15, -0.1) is 0 Å². The summed E-state index contributed by atoms with van der Waals surface area (Å²) in [5.74, 6) is 0.242. The number of ether oxygens (including phenoxy) is 1. The van der Waals surface area contributed by atoms with Crippen molar-refractivity contribution < 1.29 is 9.53 Å². The number of hydrogen-bond donors (Lipinski definition) is 2. The van der Waals surface area contributed by atoms with Crippen LogP contribution in [-0.2, 0) is 4.74 Å². The summed E-state index contributed by atoms with van der Waals surface area (Å²) >= 11 is 0. The van der Waals surface area contributed by atoms with E-state index in [9.17, 15) is 4.79 Å². The molecule has 0 aliphatic heterocycles. The molecule has 0 aromatic heterocycles. The topological polar surface area (TPSA) is 64.3 Å². The maximum absolute atomic E-state index is 11.4. The minimum absolute atomic E-state index is 0.348. The number of esters is 1. The first-order chi connectivity index (χ1) is 9.03. The van der Waals surface area contributed by atoms with Crippen LogP contribution in [0.5, 0.6) is 0 Å². The highest BCUT2D eigenvalue weighted by Gasteiger charge is 2.15. The number of nitrogens with one attached hydrogen (secondary N) is 1. The molecule has 0 amide bonds. The van der Waals surface area contributed by atoms with Gasteiger partial charge in [0.1, 0.15) is 0 Å². The van der Waals surface area contributed by atoms with Crippen LogP contribution in [0.25, 0.3) is 0 Å². The number of rotatable bonds is 6. The first-order valence-electron chi connectivity index (χ1n) is 6.77. The first-order valence-corrected chi connectivity index (χ1v) is 6.77. The highest BCUT2D eigenvalue weighted by Crippen LogP contribution is 2.24. The molecular weight excluding hydrogens is 240 g/mol. The fraction of sp³-hybridized carbons (Fsp3) is 0.533. The van der Waals surface area contributed by atoms with Crippen LogP contribution < -0.4 is 11.1 Å². The van der Waals surface area contributed by atoms with Gasteiger partial charge in [0.25, 0.3) is 0 Å². The number of methoxy groups -OCH3 is 1. The zero-order valence-corrected chi connectivity index (χ0v) is 12.2. The van der Waals surface area contributed by atoms with Gasteiger partial charge in [-0.3, -0.25) is 0 Å². The van der Waals surface area contributed by atoms with Crippen molar-refractivity contribution in [2.45, 2.75) is 39.7 Å². The molecule has 1 rings (SSSR count). The second kappa shape index (κ2) is 7.02. The van der Waals surface area contributed by atoms with Crippen molar-refractivity contribution in [3.63, 3.8) is 0 Å². The number of carbonyl (C=O) groups is 1. The molecule has 106 valence electrons. The number of carbonyl (C=O) groups excluding carboxylic acids is 1. The summed E-state index contributed by atoms with van der Waals surface area (Å²) in [6.45, 7) is 6.54. The highest BCUT2D eigenvalue weighted by molar-refractivity contribution is 5.91. The Bertz CT molecular complexity index is 428. The average Bonchev–Trinajstić information content (AvgIpc) is 2.41. The van der Waals surface area contributed by atoms with Gasteiger partial charge in [0.2, 0.25) is 0 Å². The number of benzene rings is 1. The predicted molar refractivity (Wildman–Crippen MR) is 79.4 cm³/mol. The molecule has 0 bridgehead atoms. The van der Waals surface area contributed by atoms with Gasteiger partial charge in [-0.1, -0.05) is 26.7 Å². The molecular formula is C15H24N2O2. The monoisotopic (exact) mass is 264 g/mol. The summed E-state index contributed by atoms with van der Waals surface area (Å²) < 4.78 is 4.67. The van der Waals surface area contributed by atoms with Gasteiger partial charge < -0.3 is 15.8 Å². The van der Waals surface area contributed by atoms with Crippen molar-refractivity contribution in [1.29, 1.82) is 0 Å². The molecule has 1 unspecified atom stereocenters. The molecule has 1 aromatic rings. The summed E-state index contributed by atoms with van der Waals surface area (Å²) in [5, 5.41) is 3.42. The van der Waals surface area contributed by atoms with Crippen molar-refractivity contribution in [3.05, 3.63) is 23.8 Å². The van der Waals surface area contributed by atoms with Crippen molar-refractivity contribution in [2.24, 2.45) is 5.92 Å². The lowest BCUT2D eigenvalue weighted by atomic mass is 9.95. The minimum Gasteiger partial charge on any atom is -0.465 e. The fourth-order valence-electron chi connectivity index (χ4n) is 2.30. The van der Waals surface area contributed by atoms with Crippen molar-refractivity contribution in [2.75, 3.05) is 18.2 Å². The summed E-state index contributed by atoms with van der Waals surface area (Å²) in [7, 11) is 1.36. The Morgan fingerprint density at radius 1 is 1.37 bits per heavy atom. The van der Waals surface area contributed by atoms with Gasteiger partial charge in [0, 0.05) is 6.04 Å². The molecule has 1 atom stereocenters. The maximum atomic E-state index is 11.4.